The minimum absolute atomic E-state index is 0.105. The number of aromatic nitrogens is 2. The number of hydrogen-bond donors (Lipinski definition) is 1. The van der Waals surface area contributed by atoms with Gasteiger partial charge in [0.1, 0.15) is 18.0 Å². The molecule has 0 spiro atoms. The first kappa shape index (κ1) is 17.6. The van der Waals surface area contributed by atoms with E-state index < -0.39 is 11.9 Å². The van der Waals surface area contributed by atoms with Gasteiger partial charge in [0.2, 0.25) is 5.91 Å². The first-order chi connectivity index (χ1) is 11.4. The molecule has 1 amide bonds. The van der Waals surface area contributed by atoms with Crippen molar-refractivity contribution in [3.8, 4) is 0 Å². The third kappa shape index (κ3) is 4.39. The Hall–Kier alpha value is -2.74. The third-order valence-corrected chi connectivity index (χ3v) is 4.06. The van der Waals surface area contributed by atoms with Gasteiger partial charge >= 0.3 is 5.97 Å². The van der Waals surface area contributed by atoms with Crippen molar-refractivity contribution in [1.29, 1.82) is 0 Å². The molecule has 2 aromatic rings. The van der Waals surface area contributed by atoms with Crippen molar-refractivity contribution in [2.24, 2.45) is 0 Å². The Bertz CT molecular complexity index is 838. The van der Waals surface area contributed by atoms with Crippen LogP contribution in [0.2, 0.25) is 0 Å². The molecule has 0 atom stereocenters. The highest BCUT2D eigenvalue weighted by atomic mass is 32.1. The standard InChI is InChI=1S/C16H17N3O4S/c1-4-7-23-15(22)14-11(3)17-16(24-14)18-12(20)9-19-8-10(2)5-6-13(19)21/h4-6,8H,1,7,9H2,2-3H3,(H,17,18,20). The van der Waals surface area contributed by atoms with Crippen LogP contribution in [0.25, 0.3) is 0 Å². The quantitative estimate of drug-likeness (QED) is 0.637. The molecular formula is C16H17N3O4S. The van der Waals surface area contributed by atoms with Crippen molar-refractivity contribution in [3.05, 3.63) is 57.5 Å². The number of nitrogens with zero attached hydrogens (tertiary/aromatic N) is 2. The Balaban J connectivity index is 2.07. The number of amides is 1. The van der Waals surface area contributed by atoms with Crippen LogP contribution < -0.4 is 10.9 Å². The smallest absolute Gasteiger partial charge is 0.350 e. The van der Waals surface area contributed by atoms with E-state index in [1.165, 1.54) is 16.7 Å². The predicted octanol–water partition coefficient (Wildman–Crippen LogP) is 1.90. The van der Waals surface area contributed by atoms with Gasteiger partial charge in [-0.15, -0.1) is 0 Å². The van der Waals surface area contributed by atoms with Gasteiger partial charge in [-0.25, -0.2) is 9.78 Å². The van der Waals surface area contributed by atoms with E-state index in [0.717, 1.165) is 16.9 Å². The minimum atomic E-state index is -0.514. The number of aryl methyl sites for hydroxylation is 2. The second-order valence-electron chi connectivity index (χ2n) is 5.04. The molecule has 7 nitrogen and oxygen atoms in total. The predicted molar refractivity (Wildman–Crippen MR) is 91.4 cm³/mol. The molecule has 2 aromatic heterocycles. The van der Waals surface area contributed by atoms with Crippen LogP contribution in [-0.4, -0.2) is 28.0 Å². The summed E-state index contributed by atoms with van der Waals surface area (Å²) in [7, 11) is 0. The average Bonchev–Trinajstić information content (AvgIpc) is 2.89. The molecule has 1 N–H and O–H groups in total. The Labute approximate surface area is 142 Å². The van der Waals surface area contributed by atoms with Crippen LogP contribution >= 0.6 is 11.3 Å². The fourth-order valence-electron chi connectivity index (χ4n) is 1.93. The summed E-state index contributed by atoms with van der Waals surface area (Å²) in [5.74, 6) is -0.914. The molecular weight excluding hydrogens is 330 g/mol. The molecule has 0 radical (unpaired) electrons. The van der Waals surface area contributed by atoms with E-state index in [0.29, 0.717) is 10.6 Å². The maximum Gasteiger partial charge on any atom is 0.350 e. The fraction of sp³-hybridized carbons (Fsp3) is 0.250. The van der Waals surface area contributed by atoms with E-state index in [2.05, 4.69) is 16.9 Å². The maximum absolute atomic E-state index is 12.1. The van der Waals surface area contributed by atoms with Gasteiger partial charge in [-0.3, -0.25) is 9.59 Å². The van der Waals surface area contributed by atoms with Crippen molar-refractivity contribution >= 4 is 28.3 Å². The Morgan fingerprint density at radius 2 is 2.17 bits per heavy atom. The van der Waals surface area contributed by atoms with E-state index in [4.69, 9.17) is 4.74 Å². The van der Waals surface area contributed by atoms with Crippen molar-refractivity contribution in [2.75, 3.05) is 11.9 Å². The lowest BCUT2D eigenvalue weighted by Gasteiger charge is -2.05. The molecule has 0 aromatic carbocycles. The minimum Gasteiger partial charge on any atom is -0.457 e. The van der Waals surface area contributed by atoms with Crippen LogP contribution in [0.5, 0.6) is 0 Å². The highest BCUT2D eigenvalue weighted by molar-refractivity contribution is 7.17. The third-order valence-electron chi connectivity index (χ3n) is 3.01. The molecule has 0 aliphatic heterocycles. The van der Waals surface area contributed by atoms with E-state index in [1.54, 1.807) is 19.2 Å². The van der Waals surface area contributed by atoms with Crippen molar-refractivity contribution in [1.82, 2.24) is 9.55 Å². The molecule has 24 heavy (non-hydrogen) atoms. The van der Waals surface area contributed by atoms with Crippen molar-refractivity contribution < 1.29 is 14.3 Å². The van der Waals surface area contributed by atoms with Gasteiger partial charge in [-0.2, -0.15) is 0 Å². The fourth-order valence-corrected chi connectivity index (χ4v) is 2.80. The Morgan fingerprint density at radius 1 is 1.42 bits per heavy atom. The number of rotatable bonds is 6. The van der Waals surface area contributed by atoms with Crippen molar-refractivity contribution in [2.45, 2.75) is 20.4 Å². The summed E-state index contributed by atoms with van der Waals surface area (Å²) < 4.78 is 6.27. The second kappa shape index (κ2) is 7.69. The first-order valence-electron chi connectivity index (χ1n) is 7.13. The molecule has 0 saturated carbocycles. The highest BCUT2D eigenvalue weighted by Gasteiger charge is 2.17. The summed E-state index contributed by atoms with van der Waals surface area (Å²) in [6, 6.07) is 3.09. The van der Waals surface area contributed by atoms with Crippen LogP contribution in [0, 0.1) is 13.8 Å². The first-order valence-corrected chi connectivity index (χ1v) is 7.94. The van der Waals surface area contributed by atoms with Gasteiger partial charge in [0.25, 0.3) is 5.56 Å². The topological polar surface area (TPSA) is 90.3 Å². The van der Waals surface area contributed by atoms with Gasteiger partial charge in [-0.1, -0.05) is 30.1 Å². The van der Waals surface area contributed by atoms with E-state index in [1.807, 2.05) is 6.92 Å². The summed E-state index contributed by atoms with van der Waals surface area (Å²) in [5.41, 5.74) is 1.08. The largest absolute Gasteiger partial charge is 0.457 e. The van der Waals surface area contributed by atoms with Gasteiger partial charge in [-0.05, 0) is 19.4 Å². The number of carbonyl (C=O) groups is 2. The van der Waals surface area contributed by atoms with E-state index >= 15 is 0 Å². The van der Waals surface area contributed by atoms with Gasteiger partial charge in [0.15, 0.2) is 5.13 Å². The maximum atomic E-state index is 12.1. The number of nitrogens with one attached hydrogen (secondary N) is 1. The van der Waals surface area contributed by atoms with Gasteiger partial charge < -0.3 is 14.6 Å². The van der Waals surface area contributed by atoms with Gasteiger partial charge in [0.05, 0.1) is 5.69 Å². The number of anilines is 1. The Kier molecular flexibility index (Phi) is 5.64. The molecule has 0 unspecified atom stereocenters. The summed E-state index contributed by atoms with van der Waals surface area (Å²) >= 11 is 1.03. The van der Waals surface area contributed by atoms with Crippen LogP contribution in [0.1, 0.15) is 20.9 Å². The molecule has 8 heteroatoms. The normalized spacial score (nSPS) is 10.2. The molecule has 2 heterocycles. The van der Waals surface area contributed by atoms with Crippen LogP contribution in [-0.2, 0) is 16.1 Å². The number of ether oxygens (including phenoxy) is 1. The highest BCUT2D eigenvalue weighted by Crippen LogP contribution is 2.23. The summed E-state index contributed by atoms with van der Waals surface area (Å²) in [5, 5.41) is 2.87. The number of carbonyl (C=O) groups excluding carboxylic acids is 2. The molecule has 0 aliphatic carbocycles. The molecule has 0 bridgehead atoms. The summed E-state index contributed by atoms with van der Waals surface area (Å²) in [6.07, 6.45) is 3.07. The number of pyridine rings is 1. The zero-order valence-corrected chi connectivity index (χ0v) is 14.2. The Morgan fingerprint density at radius 3 is 2.88 bits per heavy atom. The lowest BCUT2D eigenvalue weighted by atomic mass is 10.3. The van der Waals surface area contributed by atoms with Crippen molar-refractivity contribution in [3.63, 3.8) is 0 Å². The summed E-state index contributed by atoms with van der Waals surface area (Å²) in [4.78, 5) is 40.1. The lowest BCUT2D eigenvalue weighted by Crippen LogP contribution is -2.26. The van der Waals surface area contributed by atoms with Crippen LogP contribution in [0.4, 0.5) is 5.13 Å². The zero-order chi connectivity index (χ0) is 17.7. The van der Waals surface area contributed by atoms with E-state index in [9.17, 15) is 14.4 Å². The number of thiazole rings is 1. The average molecular weight is 347 g/mol. The molecule has 0 fully saturated rings. The molecule has 0 saturated heterocycles. The van der Waals surface area contributed by atoms with E-state index in [-0.39, 0.29) is 23.8 Å². The SMILES string of the molecule is C=CCOC(=O)c1sc(NC(=O)Cn2cc(C)ccc2=O)nc1C. The van der Waals surface area contributed by atoms with Gasteiger partial charge in [0, 0.05) is 12.3 Å². The zero-order valence-electron chi connectivity index (χ0n) is 13.4. The van der Waals surface area contributed by atoms with Crippen LogP contribution in [0.3, 0.4) is 0 Å². The molecule has 2 rings (SSSR count). The molecule has 0 aliphatic rings. The summed E-state index contributed by atoms with van der Waals surface area (Å²) in [6.45, 7) is 6.93. The second-order valence-corrected chi connectivity index (χ2v) is 6.04. The monoisotopic (exact) mass is 347 g/mol. The number of hydrogen-bond acceptors (Lipinski definition) is 6. The van der Waals surface area contributed by atoms with Crippen LogP contribution in [0.15, 0.2) is 35.8 Å². The number of esters is 1. The lowest BCUT2D eigenvalue weighted by molar-refractivity contribution is -0.116. The molecule has 126 valence electrons.